The number of nitrogens with one attached hydrogen (secondary N) is 2. The molecule has 1 aliphatic rings. The Morgan fingerprint density at radius 1 is 1.24 bits per heavy atom. The first-order valence-corrected chi connectivity index (χ1v) is 8.66. The number of quaternary nitrogens is 1. The molecule has 1 amide bonds. The van der Waals surface area contributed by atoms with Crippen LogP contribution in [0.5, 0.6) is 0 Å². The highest BCUT2D eigenvalue weighted by molar-refractivity contribution is 6.04. The molecule has 1 fully saturated rings. The van der Waals surface area contributed by atoms with Crippen molar-refractivity contribution in [2.45, 2.75) is 33.7 Å². The van der Waals surface area contributed by atoms with E-state index in [1.165, 1.54) is 6.92 Å². The van der Waals surface area contributed by atoms with E-state index < -0.39 is 0 Å². The number of ether oxygens (including phenoxy) is 1. The maximum Gasteiger partial charge on any atom is 0.277 e. The van der Waals surface area contributed by atoms with E-state index in [2.05, 4.69) is 4.98 Å². The zero-order valence-electron chi connectivity index (χ0n) is 15.7. The van der Waals surface area contributed by atoms with Crippen LogP contribution in [0.15, 0.2) is 0 Å². The number of aryl methyl sites for hydroxylation is 1. The molecule has 1 unspecified atom stereocenters. The molecule has 0 spiro atoms. The highest BCUT2D eigenvalue weighted by Crippen LogP contribution is 2.19. The highest BCUT2D eigenvalue weighted by Gasteiger charge is 2.30. The van der Waals surface area contributed by atoms with Crippen LogP contribution in [0.4, 0.5) is 0 Å². The van der Waals surface area contributed by atoms with Gasteiger partial charge < -0.3 is 19.5 Å². The second kappa shape index (κ2) is 7.93. The van der Waals surface area contributed by atoms with Gasteiger partial charge in [0.25, 0.3) is 5.91 Å². The third kappa shape index (κ3) is 4.16. The minimum atomic E-state index is -0.387. The summed E-state index contributed by atoms with van der Waals surface area (Å²) in [7, 11) is 1.85. The molecule has 138 valence electrons. The van der Waals surface area contributed by atoms with Crippen molar-refractivity contribution in [3.05, 3.63) is 22.5 Å². The van der Waals surface area contributed by atoms with Gasteiger partial charge in [-0.15, -0.1) is 0 Å². The van der Waals surface area contributed by atoms with Crippen molar-refractivity contribution >= 4 is 17.5 Å². The number of hydrogen-bond acceptors (Lipinski definition) is 4. The predicted molar refractivity (Wildman–Crippen MR) is 93.2 cm³/mol. The summed E-state index contributed by atoms with van der Waals surface area (Å²) in [6.45, 7) is 9.48. The first kappa shape index (κ1) is 19.3. The molecule has 2 rings (SSSR count). The van der Waals surface area contributed by atoms with Gasteiger partial charge in [-0.3, -0.25) is 14.4 Å². The van der Waals surface area contributed by atoms with Gasteiger partial charge in [0.1, 0.15) is 0 Å². The molecule has 7 nitrogen and oxygen atoms in total. The van der Waals surface area contributed by atoms with Crippen LogP contribution in [0.25, 0.3) is 0 Å². The van der Waals surface area contributed by atoms with E-state index in [0.29, 0.717) is 48.8 Å². The third-order valence-corrected chi connectivity index (χ3v) is 4.96. The molecule has 1 aromatic heterocycles. The first-order chi connectivity index (χ1) is 11.7. The van der Waals surface area contributed by atoms with Crippen LogP contribution in [0, 0.1) is 13.8 Å². The summed E-state index contributed by atoms with van der Waals surface area (Å²) in [5.74, 6) is -0.106. The maximum absolute atomic E-state index is 12.8. The molecule has 1 saturated heterocycles. The average molecular weight is 350 g/mol. The van der Waals surface area contributed by atoms with Crippen LogP contribution < -0.4 is 4.90 Å². The Balaban J connectivity index is 2.07. The predicted octanol–water partition coefficient (Wildman–Crippen LogP) is -0.221. The number of carbonyl (C=O) groups excluding carboxylic acids is 3. The van der Waals surface area contributed by atoms with Crippen molar-refractivity contribution in [1.82, 2.24) is 9.88 Å². The molecule has 2 heterocycles. The van der Waals surface area contributed by atoms with Crippen LogP contribution in [-0.4, -0.2) is 73.3 Å². The number of H-pyrrole nitrogens is 1. The van der Waals surface area contributed by atoms with Crippen molar-refractivity contribution in [3.63, 3.8) is 0 Å². The Hall–Kier alpha value is -1.99. The van der Waals surface area contributed by atoms with Crippen molar-refractivity contribution < 1.29 is 24.0 Å². The number of morpholine rings is 1. The third-order valence-electron chi connectivity index (χ3n) is 4.96. The van der Waals surface area contributed by atoms with E-state index in [-0.39, 0.29) is 30.1 Å². The largest absolute Gasteiger partial charge is 0.378 e. The molecule has 7 heteroatoms. The van der Waals surface area contributed by atoms with Crippen LogP contribution in [0.2, 0.25) is 0 Å². The molecule has 2 N–H and O–H groups in total. The van der Waals surface area contributed by atoms with Gasteiger partial charge >= 0.3 is 0 Å². The molecule has 0 saturated carbocycles. The Morgan fingerprint density at radius 3 is 2.36 bits per heavy atom. The van der Waals surface area contributed by atoms with E-state index in [1.807, 2.05) is 14.0 Å². The normalized spacial score (nSPS) is 17.2. The lowest BCUT2D eigenvalue weighted by atomic mass is 10.0. The number of likely N-dealkylation sites (N-methyl/N-ethyl adjacent to an activating group) is 1. The van der Waals surface area contributed by atoms with Crippen LogP contribution in [0.3, 0.4) is 0 Å². The number of aromatic nitrogens is 1. The van der Waals surface area contributed by atoms with Gasteiger partial charge in [0.15, 0.2) is 18.4 Å². The first-order valence-electron chi connectivity index (χ1n) is 8.66. The monoisotopic (exact) mass is 350 g/mol. The number of carbonyl (C=O) groups is 3. The smallest absolute Gasteiger partial charge is 0.277 e. The fourth-order valence-corrected chi connectivity index (χ4v) is 3.28. The van der Waals surface area contributed by atoms with E-state index in [4.69, 9.17) is 4.74 Å². The molecule has 0 radical (unpaired) electrons. The summed E-state index contributed by atoms with van der Waals surface area (Å²) in [6, 6.07) is -0.387. The van der Waals surface area contributed by atoms with E-state index in [0.717, 1.165) is 4.90 Å². The fourth-order valence-electron chi connectivity index (χ4n) is 3.28. The average Bonchev–Trinajstić information content (AvgIpc) is 2.88. The fraction of sp³-hybridized carbons (Fsp3) is 0.611. The Morgan fingerprint density at radius 2 is 1.84 bits per heavy atom. The summed E-state index contributed by atoms with van der Waals surface area (Å²) in [5, 5.41) is 0. The molecule has 0 aliphatic carbocycles. The summed E-state index contributed by atoms with van der Waals surface area (Å²) in [5.41, 5.74) is 2.45. The van der Waals surface area contributed by atoms with Crippen molar-refractivity contribution in [2.75, 3.05) is 39.9 Å². The van der Waals surface area contributed by atoms with E-state index in [1.54, 1.807) is 18.7 Å². The lowest BCUT2D eigenvalue weighted by Crippen LogP contribution is -3.14. The van der Waals surface area contributed by atoms with Gasteiger partial charge in [-0.05, 0) is 33.3 Å². The summed E-state index contributed by atoms with van der Waals surface area (Å²) in [4.78, 5) is 42.6. The zero-order valence-corrected chi connectivity index (χ0v) is 15.7. The van der Waals surface area contributed by atoms with Gasteiger partial charge in [0, 0.05) is 24.3 Å². The lowest BCUT2D eigenvalue weighted by Gasteiger charge is -2.28. The minimum Gasteiger partial charge on any atom is -0.378 e. The molecular weight excluding hydrogens is 322 g/mol. The Labute approximate surface area is 148 Å². The second-order valence-corrected chi connectivity index (χ2v) is 6.78. The highest BCUT2D eigenvalue weighted by atomic mass is 16.5. The second-order valence-electron chi connectivity index (χ2n) is 6.78. The summed E-state index contributed by atoms with van der Waals surface area (Å²) >= 11 is 0. The topological polar surface area (TPSA) is 83.9 Å². The summed E-state index contributed by atoms with van der Waals surface area (Å²) < 4.78 is 5.26. The molecule has 0 bridgehead atoms. The number of amides is 1. The maximum atomic E-state index is 12.8. The molecule has 25 heavy (non-hydrogen) atoms. The molecular formula is C18H28N3O4+. The standard InChI is InChI=1S/C18H27N3O4/c1-11-16(14(4)22)12(2)19-17(11)18(24)13(3)20(5)10-15(23)21-6-8-25-9-7-21/h13,19H,6-10H2,1-5H3/p+1/t13-/m0/s1. The van der Waals surface area contributed by atoms with Crippen LogP contribution in [0.1, 0.15) is 46.0 Å². The van der Waals surface area contributed by atoms with Crippen molar-refractivity contribution in [2.24, 2.45) is 0 Å². The minimum absolute atomic E-state index is 0.0317. The number of ketones is 2. The number of rotatable bonds is 6. The van der Waals surface area contributed by atoms with Crippen LogP contribution in [-0.2, 0) is 9.53 Å². The van der Waals surface area contributed by atoms with E-state index in [9.17, 15) is 14.4 Å². The van der Waals surface area contributed by atoms with Gasteiger partial charge in [-0.25, -0.2) is 0 Å². The quantitative estimate of drug-likeness (QED) is 0.695. The van der Waals surface area contributed by atoms with Gasteiger partial charge in [0.2, 0.25) is 5.78 Å². The van der Waals surface area contributed by atoms with Crippen LogP contribution >= 0.6 is 0 Å². The summed E-state index contributed by atoms with van der Waals surface area (Å²) in [6.07, 6.45) is 0. The number of aromatic amines is 1. The van der Waals surface area contributed by atoms with E-state index >= 15 is 0 Å². The van der Waals surface area contributed by atoms with Crippen molar-refractivity contribution in [1.29, 1.82) is 0 Å². The number of nitrogens with zero attached hydrogens (tertiary/aromatic N) is 1. The molecule has 1 aromatic rings. The Bertz CT molecular complexity index is 674. The van der Waals surface area contributed by atoms with Crippen molar-refractivity contribution in [3.8, 4) is 0 Å². The Kier molecular flexibility index (Phi) is 6.13. The number of hydrogen-bond donors (Lipinski definition) is 2. The lowest BCUT2D eigenvalue weighted by molar-refractivity contribution is -0.885. The molecule has 2 atom stereocenters. The molecule has 1 aliphatic heterocycles. The van der Waals surface area contributed by atoms with Gasteiger partial charge in [-0.2, -0.15) is 0 Å². The molecule has 0 aromatic carbocycles. The zero-order chi connectivity index (χ0) is 18.7. The SMILES string of the molecule is CC(=O)c1c(C)[nH]c(C(=O)[C@H](C)[NH+](C)CC(=O)N2CCOCC2)c1C. The van der Waals surface area contributed by atoms with Gasteiger partial charge in [-0.1, -0.05) is 0 Å². The number of Topliss-reactive ketones (excluding diaryl/α,β-unsaturated/α-hetero) is 2. The van der Waals surface area contributed by atoms with Gasteiger partial charge in [0.05, 0.1) is 26.0 Å².